The first kappa shape index (κ1) is 12.6. The zero-order chi connectivity index (χ0) is 12.3. The molecule has 1 aliphatic heterocycles. The third kappa shape index (κ3) is 3.06. The topological polar surface area (TPSA) is 33.2 Å². The van der Waals surface area contributed by atoms with Crippen molar-refractivity contribution in [3.63, 3.8) is 0 Å². The predicted octanol–water partition coefficient (Wildman–Crippen LogP) is 2.64. The Kier molecular flexibility index (Phi) is 4.15. The minimum atomic E-state index is 0.123. The molecule has 92 valence electrons. The Morgan fingerprint density at radius 1 is 1.59 bits per heavy atom. The normalized spacial score (nSPS) is 19.6. The van der Waals surface area contributed by atoms with Gasteiger partial charge in [-0.25, -0.2) is 0 Å². The Morgan fingerprint density at radius 3 is 3.12 bits per heavy atom. The van der Waals surface area contributed by atoms with Gasteiger partial charge in [-0.15, -0.1) is 0 Å². The summed E-state index contributed by atoms with van der Waals surface area (Å²) in [6.45, 7) is 3.73. The van der Waals surface area contributed by atoms with Crippen LogP contribution in [0.5, 0.6) is 0 Å². The van der Waals surface area contributed by atoms with Crippen molar-refractivity contribution in [2.45, 2.75) is 19.8 Å². The largest absolute Gasteiger partial charge is 0.338 e. The summed E-state index contributed by atoms with van der Waals surface area (Å²) >= 11 is 3.46. The number of nitrogens with zero attached hydrogens (tertiary/aromatic N) is 2. The molecule has 2 rings (SSSR count). The number of carbonyl (C=O) groups excluding carboxylic acids is 1. The minimum Gasteiger partial charge on any atom is -0.338 e. The molecule has 1 fully saturated rings. The van der Waals surface area contributed by atoms with E-state index in [-0.39, 0.29) is 5.91 Å². The van der Waals surface area contributed by atoms with Gasteiger partial charge in [0.05, 0.1) is 5.56 Å². The lowest BCUT2D eigenvalue weighted by Gasteiger charge is -2.16. The van der Waals surface area contributed by atoms with Crippen LogP contribution in [0.25, 0.3) is 0 Å². The molecule has 4 heteroatoms. The number of amides is 1. The third-order valence-electron chi connectivity index (χ3n) is 3.21. The van der Waals surface area contributed by atoms with E-state index in [1.54, 1.807) is 12.4 Å². The summed E-state index contributed by atoms with van der Waals surface area (Å²) in [5.74, 6) is 0.773. The number of halogens is 1. The quantitative estimate of drug-likeness (QED) is 0.804. The van der Waals surface area contributed by atoms with Crippen molar-refractivity contribution < 1.29 is 4.79 Å². The van der Waals surface area contributed by atoms with E-state index >= 15 is 0 Å². The number of likely N-dealkylation sites (tertiary alicyclic amines) is 1. The highest BCUT2D eigenvalue weighted by atomic mass is 79.9. The number of carbonyl (C=O) groups is 1. The Hall–Kier alpha value is -0.900. The van der Waals surface area contributed by atoms with Crippen molar-refractivity contribution in [2.24, 2.45) is 5.92 Å². The van der Waals surface area contributed by atoms with Gasteiger partial charge in [0.1, 0.15) is 0 Å². The second-order valence-electron chi connectivity index (χ2n) is 4.63. The van der Waals surface area contributed by atoms with E-state index in [0.717, 1.165) is 36.8 Å². The smallest absolute Gasteiger partial charge is 0.255 e. The fourth-order valence-electron chi connectivity index (χ4n) is 2.26. The van der Waals surface area contributed by atoms with Crippen LogP contribution in [0.1, 0.15) is 28.8 Å². The van der Waals surface area contributed by atoms with Crippen LogP contribution >= 0.6 is 15.9 Å². The van der Waals surface area contributed by atoms with Crippen LogP contribution in [0.2, 0.25) is 0 Å². The minimum absolute atomic E-state index is 0.123. The molecule has 0 N–H and O–H groups in total. The standard InChI is InChI=1S/C13H17BrN2O/c1-10-6-12(8-15-7-10)13(17)16-5-3-11(9-16)2-4-14/h6-8,11H,2-5,9H2,1H3. The van der Waals surface area contributed by atoms with Crippen molar-refractivity contribution in [3.8, 4) is 0 Å². The van der Waals surface area contributed by atoms with E-state index in [1.165, 1.54) is 0 Å². The number of aryl methyl sites for hydroxylation is 1. The summed E-state index contributed by atoms with van der Waals surface area (Å²) in [5, 5.41) is 1.02. The van der Waals surface area contributed by atoms with Crippen LogP contribution in [0.15, 0.2) is 18.5 Å². The van der Waals surface area contributed by atoms with E-state index in [0.29, 0.717) is 11.5 Å². The highest BCUT2D eigenvalue weighted by molar-refractivity contribution is 9.09. The van der Waals surface area contributed by atoms with Crippen molar-refractivity contribution in [3.05, 3.63) is 29.6 Å². The van der Waals surface area contributed by atoms with E-state index in [2.05, 4.69) is 20.9 Å². The zero-order valence-corrected chi connectivity index (χ0v) is 11.6. The number of alkyl halides is 1. The Morgan fingerprint density at radius 2 is 2.41 bits per heavy atom. The van der Waals surface area contributed by atoms with Gasteiger partial charge in [-0.05, 0) is 37.3 Å². The molecule has 0 aliphatic carbocycles. The fraction of sp³-hybridized carbons (Fsp3) is 0.538. The fourth-order valence-corrected chi connectivity index (χ4v) is 2.91. The van der Waals surface area contributed by atoms with Crippen LogP contribution in [0, 0.1) is 12.8 Å². The Labute approximate surface area is 110 Å². The van der Waals surface area contributed by atoms with Crippen molar-refractivity contribution in [1.82, 2.24) is 9.88 Å². The van der Waals surface area contributed by atoms with Gasteiger partial charge in [-0.1, -0.05) is 15.9 Å². The van der Waals surface area contributed by atoms with Gasteiger partial charge in [0.15, 0.2) is 0 Å². The van der Waals surface area contributed by atoms with E-state index in [9.17, 15) is 4.79 Å². The molecule has 1 amide bonds. The maximum absolute atomic E-state index is 12.2. The van der Waals surface area contributed by atoms with E-state index in [1.807, 2.05) is 17.9 Å². The molecule has 1 aromatic rings. The van der Waals surface area contributed by atoms with Crippen molar-refractivity contribution in [1.29, 1.82) is 0 Å². The zero-order valence-electron chi connectivity index (χ0n) is 10.0. The monoisotopic (exact) mass is 296 g/mol. The van der Waals surface area contributed by atoms with Gasteiger partial charge < -0.3 is 4.90 Å². The first-order valence-electron chi connectivity index (χ1n) is 5.97. The molecule has 0 spiro atoms. The molecule has 17 heavy (non-hydrogen) atoms. The average Bonchev–Trinajstić information content (AvgIpc) is 2.77. The van der Waals surface area contributed by atoms with Crippen LogP contribution in [-0.2, 0) is 0 Å². The molecule has 1 aliphatic rings. The van der Waals surface area contributed by atoms with Crippen LogP contribution in [0.3, 0.4) is 0 Å². The molecular weight excluding hydrogens is 280 g/mol. The third-order valence-corrected chi connectivity index (χ3v) is 3.67. The van der Waals surface area contributed by atoms with Gasteiger partial charge in [0.25, 0.3) is 5.91 Å². The Bertz CT molecular complexity index is 408. The highest BCUT2D eigenvalue weighted by Gasteiger charge is 2.26. The summed E-state index contributed by atoms with van der Waals surface area (Å²) in [4.78, 5) is 18.2. The summed E-state index contributed by atoms with van der Waals surface area (Å²) in [7, 11) is 0. The van der Waals surface area contributed by atoms with Crippen LogP contribution in [-0.4, -0.2) is 34.2 Å². The predicted molar refractivity (Wildman–Crippen MR) is 71.4 cm³/mol. The summed E-state index contributed by atoms with van der Waals surface area (Å²) in [6.07, 6.45) is 5.70. The summed E-state index contributed by atoms with van der Waals surface area (Å²) in [5.41, 5.74) is 1.75. The molecule has 1 atom stereocenters. The molecule has 1 saturated heterocycles. The highest BCUT2D eigenvalue weighted by Crippen LogP contribution is 2.22. The maximum atomic E-state index is 12.2. The number of pyridine rings is 1. The lowest BCUT2D eigenvalue weighted by Crippen LogP contribution is -2.28. The molecule has 2 heterocycles. The first-order chi connectivity index (χ1) is 8.20. The molecule has 1 unspecified atom stereocenters. The Balaban J connectivity index is 2.02. The molecule has 0 saturated carbocycles. The van der Waals surface area contributed by atoms with Gasteiger partial charge >= 0.3 is 0 Å². The maximum Gasteiger partial charge on any atom is 0.255 e. The van der Waals surface area contributed by atoms with E-state index in [4.69, 9.17) is 0 Å². The van der Waals surface area contributed by atoms with Crippen LogP contribution in [0.4, 0.5) is 0 Å². The van der Waals surface area contributed by atoms with Crippen molar-refractivity contribution in [2.75, 3.05) is 18.4 Å². The molecule has 0 aromatic carbocycles. The van der Waals surface area contributed by atoms with Gasteiger partial charge in [-0.2, -0.15) is 0 Å². The molecule has 1 aromatic heterocycles. The number of aromatic nitrogens is 1. The van der Waals surface area contributed by atoms with E-state index < -0.39 is 0 Å². The lowest BCUT2D eigenvalue weighted by molar-refractivity contribution is 0.0786. The van der Waals surface area contributed by atoms with Gasteiger partial charge in [0, 0.05) is 30.8 Å². The van der Waals surface area contributed by atoms with Gasteiger partial charge in [0.2, 0.25) is 0 Å². The van der Waals surface area contributed by atoms with Gasteiger partial charge in [-0.3, -0.25) is 9.78 Å². The number of hydrogen-bond donors (Lipinski definition) is 0. The average molecular weight is 297 g/mol. The molecule has 3 nitrogen and oxygen atoms in total. The summed E-state index contributed by atoms with van der Waals surface area (Å²) < 4.78 is 0. The SMILES string of the molecule is Cc1cncc(C(=O)N2CCC(CCBr)C2)c1. The molecular formula is C13H17BrN2O. The first-order valence-corrected chi connectivity index (χ1v) is 7.09. The van der Waals surface area contributed by atoms with Crippen molar-refractivity contribution >= 4 is 21.8 Å². The number of rotatable bonds is 3. The second-order valence-corrected chi connectivity index (χ2v) is 5.43. The second kappa shape index (κ2) is 5.63. The molecule has 0 bridgehead atoms. The lowest BCUT2D eigenvalue weighted by atomic mass is 10.1. The summed E-state index contributed by atoms with van der Waals surface area (Å²) in [6, 6.07) is 1.91. The van der Waals surface area contributed by atoms with Crippen LogP contribution < -0.4 is 0 Å². The number of hydrogen-bond acceptors (Lipinski definition) is 2. The molecule has 0 radical (unpaired) electrons.